The van der Waals surface area contributed by atoms with Crippen molar-refractivity contribution in [2.45, 2.75) is 31.6 Å². The molecule has 0 unspecified atom stereocenters. The second-order valence-electron chi connectivity index (χ2n) is 6.31. The van der Waals surface area contributed by atoms with E-state index in [0.29, 0.717) is 27.3 Å². The molecule has 9 heteroatoms. The van der Waals surface area contributed by atoms with Crippen LogP contribution in [-0.2, 0) is 14.6 Å². The van der Waals surface area contributed by atoms with Crippen molar-refractivity contribution in [1.82, 2.24) is 0 Å². The number of benzene rings is 1. The Morgan fingerprint density at radius 1 is 1.40 bits per heavy atom. The van der Waals surface area contributed by atoms with Gasteiger partial charge in [-0.2, -0.15) is 4.99 Å². The maximum absolute atomic E-state index is 12.3. The molecule has 2 fully saturated rings. The lowest BCUT2D eigenvalue weighted by molar-refractivity contribution is -0.121. The first-order chi connectivity index (χ1) is 11.7. The van der Waals surface area contributed by atoms with Gasteiger partial charge in [-0.3, -0.25) is 4.79 Å². The van der Waals surface area contributed by atoms with Crippen LogP contribution in [0.15, 0.2) is 23.2 Å². The van der Waals surface area contributed by atoms with Crippen molar-refractivity contribution in [2.24, 2.45) is 10.9 Å². The summed E-state index contributed by atoms with van der Waals surface area (Å²) in [5.74, 6) is -0.275. The van der Waals surface area contributed by atoms with E-state index in [1.165, 1.54) is 11.8 Å². The number of carbonyl (C=O) groups excluding carboxylic acids is 1. The maximum atomic E-state index is 12.3. The Morgan fingerprint density at radius 3 is 2.76 bits per heavy atom. The molecule has 25 heavy (non-hydrogen) atoms. The van der Waals surface area contributed by atoms with Crippen molar-refractivity contribution in [1.29, 1.82) is 0 Å². The number of sulfone groups is 1. The summed E-state index contributed by atoms with van der Waals surface area (Å²) in [5.41, 5.74) is 0.624. The predicted molar refractivity (Wildman–Crippen MR) is 105 cm³/mol. The highest BCUT2D eigenvalue weighted by molar-refractivity contribution is 8.16. The molecule has 3 rings (SSSR count). The summed E-state index contributed by atoms with van der Waals surface area (Å²) in [6, 6.07) is 4.76. The van der Waals surface area contributed by atoms with E-state index in [9.17, 15) is 13.2 Å². The smallest absolute Gasteiger partial charge is 0.250 e. The number of hydrogen-bond donors (Lipinski definition) is 0. The van der Waals surface area contributed by atoms with Crippen LogP contribution in [-0.4, -0.2) is 42.3 Å². The molecule has 1 aromatic rings. The van der Waals surface area contributed by atoms with E-state index in [1.54, 1.807) is 23.1 Å². The van der Waals surface area contributed by atoms with Crippen molar-refractivity contribution in [2.75, 3.05) is 16.4 Å². The maximum Gasteiger partial charge on any atom is 0.250 e. The minimum Gasteiger partial charge on any atom is -0.314 e. The summed E-state index contributed by atoms with van der Waals surface area (Å²) in [4.78, 5) is 18.4. The quantitative estimate of drug-likeness (QED) is 0.746. The largest absolute Gasteiger partial charge is 0.314 e. The van der Waals surface area contributed by atoms with E-state index in [0.717, 1.165) is 0 Å². The van der Waals surface area contributed by atoms with Crippen LogP contribution in [0.3, 0.4) is 0 Å². The van der Waals surface area contributed by atoms with Gasteiger partial charge in [0.1, 0.15) is 0 Å². The van der Waals surface area contributed by atoms with E-state index in [2.05, 4.69) is 4.99 Å². The molecule has 1 aromatic carbocycles. The van der Waals surface area contributed by atoms with Gasteiger partial charge >= 0.3 is 0 Å². The number of hydrogen-bond acceptors (Lipinski definition) is 4. The second-order valence-corrected chi connectivity index (χ2v) is 10.5. The summed E-state index contributed by atoms with van der Waals surface area (Å²) in [7, 11) is -3.11. The van der Waals surface area contributed by atoms with Gasteiger partial charge in [-0.15, -0.1) is 0 Å². The van der Waals surface area contributed by atoms with Gasteiger partial charge in [0.2, 0.25) is 0 Å². The summed E-state index contributed by atoms with van der Waals surface area (Å²) in [5, 5.41) is 1.26. The van der Waals surface area contributed by atoms with Crippen LogP contribution in [0.2, 0.25) is 10.0 Å². The average molecular weight is 421 g/mol. The first kappa shape index (κ1) is 19.0. The zero-order valence-corrected chi connectivity index (χ0v) is 16.9. The van der Waals surface area contributed by atoms with Gasteiger partial charge in [-0.05, 0) is 24.6 Å². The van der Waals surface area contributed by atoms with E-state index >= 15 is 0 Å². The molecule has 0 aliphatic carbocycles. The number of rotatable bonds is 3. The molecule has 1 amide bonds. The van der Waals surface area contributed by atoms with Crippen LogP contribution < -0.4 is 4.90 Å². The number of carbonyl (C=O) groups is 1. The van der Waals surface area contributed by atoms with Crippen LogP contribution in [0.5, 0.6) is 0 Å². The van der Waals surface area contributed by atoms with Crippen molar-refractivity contribution in [3.63, 3.8) is 0 Å². The fourth-order valence-corrected chi connectivity index (χ4v) is 7.31. The van der Waals surface area contributed by atoms with Gasteiger partial charge in [0.05, 0.1) is 28.3 Å². The SMILES string of the molecule is CC[C@H](C)C(=O)N=C1S[C@H]2CS(=O)(=O)C[C@@H]2N1c1ccc(Cl)cc1Cl. The molecule has 2 heterocycles. The number of anilines is 1. The monoisotopic (exact) mass is 420 g/mol. The van der Waals surface area contributed by atoms with Gasteiger partial charge in [0, 0.05) is 16.2 Å². The molecular formula is C16H18Cl2N2O3S2. The Balaban J connectivity index is 2.04. The van der Waals surface area contributed by atoms with Crippen molar-refractivity contribution in [3.05, 3.63) is 28.2 Å². The van der Waals surface area contributed by atoms with Crippen LogP contribution >= 0.6 is 35.0 Å². The first-order valence-electron chi connectivity index (χ1n) is 7.95. The second kappa shape index (κ2) is 7.10. The number of aliphatic imine (C=N–C) groups is 1. The molecule has 0 bridgehead atoms. The minimum absolute atomic E-state index is 0.0279. The molecule has 0 aromatic heterocycles. The third kappa shape index (κ3) is 3.84. The van der Waals surface area contributed by atoms with Crippen LogP contribution in [0, 0.1) is 5.92 Å². The summed E-state index contributed by atoms with van der Waals surface area (Å²) in [6.45, 7) is 3.76. The predicted octanol–water partition coefficient (Wildman–Crippen LogP) is 3.64. The molecule has 2 saturated heterocycles. The first-order valence-corrected chi connectivity index (χ1v) is 11.4. The lowest BCUT2D eigenvalue weighted by Crippen LogP contribution is -2.38. The van der Waals surface area contributed by atoms with Gasteiger partial charge in [-0.1, -0.05) is 48.8 Å². The summed E-state index contributed by atoms with van der Waals surface area (Å²) in [6.07, 6.45) is 0.698. The van der Waals surface area contributed by atoms with Crippen LogP contribution in [0.4, 0.5) is 5.69 Å². The molecule has 5 nitrogen and oxygen atoms in total. The highest BCUT2D eigenvalue weighted by Gasteiger charge is 2.49. The van der Waals surface area contributed by atoms with Crippen LogP contribution in [0.25, 0.3) is 0 Å². The third-order valence-corrected chi connectivity index (χ3v) is 8.22. The zero-order chi connectivity index (χ0) is 18.4. The van der Waals surface area contributed by atoms with E-state index in [4.69, 9.17) is 23.2 Å². The molecule has 136 valence electrons. The van der Waals surface area contributed by atoms with Gasteiger partial charge in [0.15, 0.2) is 15.0 Å². The van der Waals surface area contributed by atoms with Crippen molar-refractivity contribution in [3.8, 4) is 0 Å². The number of nitrogens with zero attached hydrogens (tertiary/aromatic N) is 2. The molecule has 3 atom stereocenters. The molecular weight excluding hydrogens is 403 g/mol. The fraction of sp³-hybridized carbons (Fsp3) is 0.500. The molecule has 0 saturated carbocycles. The molecule has 2 aliphatic rings. The molecule has 0 N–H and O–H groups in total. The van der Waals surface area contributed by atoms with Gasteiger partial charge < -0.3 is 4.90 Å². The highest BCUT2D eigenvalue weighted by Crippen LogP contribution is 2.43. The van der Waals surface area contributed by atoms with E-state index < -0.39 is 9.84 Å². The lowest BCUT2D eigenvalue weighted by atomic mass is 10.1. The lowest BCUT2D eigenvalue weighted by Gasteiger charge is -2.25. The number of amides is 1. The number of fused-ring (bicyclic) bond motifs is 1. The Kier molecular flexibility index (Phi) is 5.40. The Hall–Kier alpha value is -0.760. The van der Waals surface area contributed by atoms with Crippen molar-refractivity contribution < 1.29 is 13.2 Å². The van der Waals surface area contributed by atoms with Crippen LogP contribution in [0.1, 0.15) is 20.3 Å². The number of amidine groups is 1. The third-order valence-electron chi connectivity index (χ3n) is 4.48. The Morgan fingerprint density at radius 2 is 2.12 bits per heavy atom. The Labute approximate surface area is 161 Å². The van der Waals surface area contributed by atoms with Crippen molar-refractivity contribution >= 4 is 61.6 Å². The minimum atomic E-state index is -3.11. The fourth-order valence-electron chi connectivity index (χ4n) is 2.90. The topological polar surface area (TPSA) is 66.8 Å². The van der Waals surface area contributed by atoms with E-state index in [1.807, 2.05) is 13.8 Å². The average Bonchev–Trinajstić information content (AvgIpc) is 2.98. The van der Waals surface area contributed by atoms with Gasteiger partial charge in [0.25, 0.3) is 5.91 Å². The number of halogens is 2. The van der Waals surface area contributed by atoms with E-state index in [-0.39, 0.29) is 34.6 Å². The zero-order valence-electron chi connectivity index (χ0n) is 13.8. The molecule has 0 spiro atoms. The van der Waals surface area contributed by atoms with Gasteiger partial charge in [-0.25, -0.2) is 8.42 Å². The number of thioether (sulfide) groups is 1. The standard InChI is InChI=1S/C16H18Cl2N2O3S2/c1-3-9(2)15(21)19-16-20(12-5-4-10(17)6-11(12)18)13-7-25(22,23)8-14(13)24-16/h4-6,9,13-14H,3,7-8H2,1-2H3/t9-,13-,14-/m0/s1. The summed E-state index contributed by atoms with van der Waals surface area (Å²) < 4.78 is 24.1. The summed E-state index contributed by atoms with van der Waals surface area (Å²) >= 11 is 13.7. The molecule has 2 aliphatic heterocycles. The highest BCUT2D eigenvalue weighted by atomic mass is 35.5. The Bertz CT molecular complexity index is 842. The molecule has 0 radical (unpaired) electrons. The normalized spacial score (nSPS) is 27.5.